The van der Waals surface area contributed by atoms with Gasteiger partial charge in [-0.25, -0.2) is 4.98 Å². The number of rotatable bonds is 6. The minimum Gasteiger partial charge on any atom is -0.495 e. The number of ether oxygens (including phenoxy) is 1. The van der Waals surface area contributed by atoms with E-state index in [2.05, 4.69) is 37.5 Å². The predicted octanol–water partition coefficient (Wildman–Crippen LogP) is 3.51. The maximum atomic E-state index is 12.7. The molecule has 0 aliphatic carbocycles. The van der Waals surface area contributed by atoms with Crippen LogP contribution < -0.4 is 10.1 Å². The van der Waals surface area contributed by atoms with Gasteiger partial charge < -0.3 is 24.4 Å². The van der Waals surface area contributed by atoms with Crippen LogP contribution in [0, 0.1) is 13.8 Å². The smallest absolute Gasteiger partial charge is 0.270 e. The van der Waals surface area contributed by atoms with Gasteiger partial charge >= 0.3 is 0 Å². The summed E-state index contributed by atoms with van der Waals surface area (Å²) in [6, 6.07) is 9.83. The summed E-state index contributed by atoms with van der Waals surface area (Å²) in [4.78, 5) is 29.1. The number of methoxy groups -OCH3 is 1. The lowest BCUT2D eigenvalue weighted by atomic mass is 9.98. The summed E-state index contributed by atoms with van der Waals surface area (Å²) >= 11 is 0. The third-order valence-electron chi connectivity index (χ3n) is 6.52. The molecule has 0 unspecified atom stereocenters. The molecule has 0 radical (unpaired) electrons. The van der Waals surface area contributed by atoms with Crippen molar-refractivity contribution in [1.82, 2.24) is 24.8 Å². The second-order valence-corrected chi connectivity index (χ2v) is 9.06. The molecule has 2 aromatic heterocycles. The SMILES string of the molecule is COc1cc(/C=C2\CCCN3C2=NOC[C@@H]3CNC(=O)c2ncccc2C)ccc1-n1cnc(C)c1. The molecule has 2 aliphatic rings. The maximum Gasteiger partial charge on any atom is 0.270 e. The Balaban J connectivity index is 1.32. The molecule has 36 heavy (non-hydrogen) atoms. The highest BCUT2D eigenvalue weighted by atomic mass is 16.6. The fraction of sp³-hybridized carbons (Fsp3) is 0.333. The molecule has 3 aromatic rings. The number of fused-ring (bicyclic) bond motifs is 1. The lowest BCUT2D eigenvalue weighted by Crippen LogP contribution is -2.53. The molecule has 9 nitrogen and oxygen atoms in total. The van der Waals surface area contributed by atoms with Crippen molar-refractivity contribution in [3.05, 3.63) is 77.1 Å². The lowest BCUT2D eigenvalue weighted by Gasteiger charge is -2.40. The summed E-state index contributed by atoms with van der Waals surface area (Å²) in [5.74, 6) is 1.42. The number of aromatic nitrogens is 3. The number of benzene rings is 1. The first-order valence-electron chi connectivity index (χ1n) is 12.1. The molecule has 1 saturated heterocycles. The fourth-order valence-electron chi connectivity index (χ4n) is 4.66. The summed E-state index contributed by atoms with van der Waals surface area (Å²) in [7, 11) is 1.67. The van der Waals surface area contributed by atoms with Gasteiger partial charge in [-0.05, 0) is 67.7 Å². The van der Waals surface area contributed by atoms with Crippen LogP contribution in [0.2, 0.25) is 0 Å². The molecule has 0 saturated carbocycles. The number of nitrogens with zero attached hydrogens (tertiary/aromatic N) is 5. The molecule has 4 heterocycles. The Kier molecular flexibility index (Phi) is 6.71. The van der Waals surface area contributed by atoms with Gasteiger partial charge in [0.25, 0.3) is 5.91 Å². The highest BCUT2D eigenvalue weighted by Crippen LogP contribution is 2.29. The molecule has 0 spiro atoms. The largest absolute Gasteiger partial charge is 0.495 e. The number of oxime groups is 1. The Morgan fingerprint density at radius 3 is 2.94 bits per heavy atom. The van der Waals surface area contributed by atoms with Gasteiger partial charge in [-0.2, -0.15) is 0 Å². The fourth-order valence-corrected chi connectivity index (χ4v) is 4.66. The van der Waals surface area contributed by atoms with Crippen LogP contribution in [0.15, 0.2) is 59.8 Å². The Morgan fingerprint density at radius 2 is 2.17 bits per heavy atom. The third-order valence-corrected chi connectivity index (χ3v) is 6.52. The van der Waals surface area contributed by atoms with Crippen molar-refractivity contribution < 1.29 is 14.4 Å². The maximum absolute atomic E-state index is 12.7. The predicted molar refractivity (Wildman–Crippen MR) is 137 cm³/mol. The van der Waals surface area contributed by atoms with Crippen LogP contribution in [0.4, 0.5) is 0 Å². The first-order valence-corrected chi connectivity index (χ1v) is 12.1. The van der Waals surface area contributed by atoms with E-state index in [1.54, 1.807) is 19.6 Å². The first-order chi connectivity index (χ1) is 17.5. The van der Waals surface area contributed by atoms with E-state index < -0.39 is 0 Å². The number of carbonyl (C=O) groups is 1. The van der Waals surface area contributed by atoms with Gasteiger partial charge in [-0.3, -0.25) is 9.78 Å². The third kappa shape index (κ3) is 4.82. The van der Waals surface area contributed by atoms with Crippen molar-refractivity contribution in [2.75, 3.05) is 26.8 Å². The Bertz CT molecular complexity index is 1330. The highest BCUT2D eigenvalue weighted by molar-refractivity contribution is 6.03. The van der Waals surface area contributed by atoms with Crippen LogP contribution in [0.5, 0.6) is 5.75 Å². The van der Waals surface area contributed by atoms with Crippen molar-refractivity contribution in [2.45, 2.75) is 32.7 Å². The average Bonchev–Trinajstić information content (AvgIpc) is 3.33. The molecular formula is C27H30N6O3. The van der Waals surface area contributed by atoms with E-state index in [-0.39, 0.29) is 11.9 Å². The quantitative estimate of drug-likeness (QED) is 0.573. The summed E-state index contributed by atoms with van der Waals surface area (Å²) in [5.41, 5.74) is 5.30. The van der Waals surface area contributed by atoms with Gasteiger partial charge in [0.1, 0.15) is 18.1 Å². The van der Waals surface area contributed by atoms with Gasteiger partial charge in [0, 0.05) is 25.5 Å². The van der Waals surface area contributed by atoms with E-state index in [1.807, 2.05) is 48.9 Å². The van der Waals surface area contributed by atoms with Gasteiger partial charge in [0.05, 0.1) is 30.9 Å². The first kappa shape index (κ1) is 23.6. The van der Waals surface area contributed by atoms with E-state index >= 15 is 0 Å². The Hall–Kier alpha value is -4.14. The van der Waals surface area contributed by atoms with Crippen molar-refractivity contribution in [1.29, 1.82) is 0 Å². The van der Waals surface area contributed by atoms with Crippen LogP contribution in [0.25, 0.3) is 11.8 Å². The number of piperidine rings is 1. The van der Waals surface area contributed by atoms with Crippen LogP contribution >= 0.6 is 0 Å². The molecule has 1 fully saturated rings. The molecule has 1 N–H and O–H groups in total. The van der Waals surface area contributed by atoms with Crippen molar-refractivity contribution in [2.24, 2.45) is 5.16 Å². The van der Waals surface area contributed by atoms with Crippen LogP contribution in [-0.2, 0) is 4.84 Å². The molecule has 9 heteroatoms. The molecule has 1 atom stereocenters. The molecule has 0 bridgehead atoms. The summed E-state index contributed by atoms with van der Waals surface area (Å²) in [5, 5.41) is 7.42. The van der Waals surface area contributed by atoms with Gasteiger partial charge in [0.15, 0.2) is 5.84 Å². The zero-order valence-corrected chi connectivity index (χ0v) is 20.8. The van der Waals surface area contributed by atoms with E-state index in [4.69, 9.17) is 9.57 Å². The minimum absolute atomic E-state index is 0.00411. The standard InChI is InChI=1S/C27H30N6O3/c1-18-6-4-10-28-25(18)27(34)29-14-22-16-36-31-26-21(7-5-11-33(22)26)12-20-8-9-23(24(13-20)35-3)32-15-19(2)30-17-32/h4,6,8-10,12-13,15,17,22H,5,7,11,14,16H2,1-3H3,(H,29,34)/b21-12+/t22-/m0/s1. The average molecular weight is 487 g/mol. The van der Waals surface area contributed by atoms with E-state index in [0.29, 0.717) is 18.8 Å². The number of pyridine rings is 1. The monoisotopic (exact) mass is 486 g/mol. The summed E-state index contributed by atoms with van der Waals surface area (Å²) < 4.78 is 7.63. The van der Waals surface area contributed by atoms with Gasteiger partial charge in [0.2, 0.25) is 0 Å². The second-order valence-electron chi connectivity index (χ2n) is 9.06. The number of aryl methyl sites for hydroxylation is 2. The number of amides is 1. The number of carbonyl (C=O) groups excluding carboxylic acids is 1. The molecule has 5 rings (SSSR count). The van der Waals surface area contributed by atoms with Crippen molar-refractivity contribution in [3.8, 4) is 11.4 Å². The zero-order chi connectivity index (χ0) is 25.1. The summed E-state index contributed by atoms with van der Waals surface area (Å²) in [6.07, 6.45) is 9.42. The lowest BCUT2D eigenvalue weighted by molar-refractivity contribution is 0.0561. The highest BCUT2D eigenvalue weighted by Gasteiger charge is 2.32. The van der Waals surface area contributed by atoms with Crippen LogP contribution in [-0.4, -0.2) is 64.0 Å². The molecule has 1 aromatic carbocycles. The molecule has 2 aliphatic heterocycles. The molecule has 1 amide bonds. The van der Waals surface area contributed by atoms with Crippen molar-refractivity contribution >= 4 is 17.8 Å². The molecule has 186 valence electrons. The van der Waals surface area contributed by atoms with Gasteiger partial charge in [-0.15, -0.1) is 0 Å². The normalized spacial score (nSPS) is 18.3. The van der Waals surface area contributed by atoms with Gasteiger partial charge in [-0.1, -0.05) is 17.3 Å². The number of hydrogen-bond acceptors (Lipinski definition) is 7. The Labute approximate surface area is 210 Å². The van der Waals surface area contributed by atoms with Crippen molar-refractivity contribution in [3.63, 3.8) is 0 Å². The second kappa shape index (κ2) is 10.2. The van der Waals surface area contributed by atoms with E-state index in [0.717, 1.165) is 59.1 Å². The Morgan fingerprint density at radius 1 is 1.28 bits per heavy atom. The van der Waals surface area contributed by atoms with E-state index in [1.165, 1.54) is 0 Å². The minimum atomic E-state index is -0.176. The molecular weight excluding hydrogens is 456 g/mol. The van der Waals surface area contributed by atoms with E-state index in [9.17, 15) is 4.79 Å². The van der Waals surface area contributed by atoms with Crippen LogP contribution in [0.1, 0.15) is 40.2 Å². The number of amidine groups is 1. The number of hydrogen-bond donors (Lipinski definition) is 1. The summed E-state index contributed by atoms with van der Waals surface area (Å²) in [6.45, 7) is 5.59. The topological polar surface area (TPSA) is 93.9 Å². The van der Waals surface area contributed by atoms with Crippen LogP contribution in [0.3, 0.4) is 0 Å². The number of imidazole rings is 1. The number of nitrogens with one attached hydrogen (secondary N) is 1. The zero-order valence-electron chi connectivity index (χ0n) is 20.8.